The van der Waals surface area contributed by atoms with Gasteiger partial charge in [-0.2, -0.15) is 0 Å². The molecule has 0 aromatic heterocycles. The second kappa shape index (κ2) is 6.37. The van der Waals surface area contributed by atoms with Gasteiger partial charge >= 0.3 is 5.97 Å². The molecule has 0 aliphatic rings. The standard InChI is InChI=1S/C13H20N2O2/c1-2-8-13(12(16)17,15-10-9-14)11-6-4-3-5-7-11/h3-7,15H,2,8-10,14H2,1H3,(H,16,17). The first-order valence-electron chi connectivity index (χ1n) is 5.91. The fourth-order valence-electron chi connectivity index (χ4n) is 2.02. The first-order valence-corrected chi connectivity index (χ1v) is 5.91. The summed E-state index contributed by atoms with van der Waals surface area (Å²) in [5.41, 5.74) is 5.22. The van der Waals surface area contributed by atoms with Gasteiger partial charge < -0.3 is 10.8 Å². The summed E-state index contributed by atoms with van der Waals surface area (Å²) in [7, 11) is 0. The maximum absolute atomic E-state index is 11.6. The van der Waals surface area contributed by atoms with Crippen LogP contribution in [0, 0.1) is 0 Å². The van der Waals surface area contributed by atoms with Gasteiger partial charge in [0.05, 0.1) is 0 Å². The molecule has 1 aromatic carbocycles. The zero-order valence-electron chi connectivity index (χ0n) is 10.1. The summed E-state index contributed by atoms with van der Waals surface area (Å²) in [5, 5.41) is 12.6. The third-order valence-electron chi connectivity index (χ3n) is 2.83. The third-order valence-corrected chi connectivity index (χ3v) is 2.83. The molecule has 1 atom stereocenters. The Morgan fingerprint density at radius 3 is 2.53 bits per heavy atom. The van der Waals surface area contributed by atoms with Crippen molar-refractivity contribution in [2.24, 2.45) is 5.73 Å². The number of hydrogen-bond acceptors (Lipinski definition) is 3. The normalized spacial score (nSPS) is 14.2. The van der Waals surface area contributed by atoms with Crippen molar-refractivity contribution >= 4 is 5.97 Å². The molecule has 0 spiro atoms. The molecule has 1 aromatic rings. The van der Waals surface area contributed by atoms with Crippen LogP contribution in [0.2, 0.25) is 0 Å². The zero-order chi connectivity index (χ0) is 12.7. The number of rotatable bonds is 7. The molecule has 4 N–H and O–H groups in total. The highest BCUT2D eigenvalue weighted by Crippen LogP contribution is 2.26. The average molecular weight is 236 g/mol. The van der Waals surface area contributed by atoms with Gasteiger partial charge in [0, 0.05) is 13.1 Å². The Balaban J connectivity index is 3.10. The van der Waals surface area contributed by atoms with Crippen LogP contribution in [0.15, 0.2) is 30.3 Å². The van der Waals surface area contributed by atoms with Gasteiger partial charge in [-0.15, -0.1) is 0 Å². The third kappa shape index (κ3) is 3.05. The number of carboxylic acids is 1. The van der Waals surface area contributed by atoms with Crippen molar-refractivity contribution in [2.45, 2.75) is 25.3 Å². The fraction of sp³-hybridized carbons (Fsp3) is 0.462. The molecule has 1 rings (SSSR count). The van der Waals surface area contributed by atoms with E-state index in [0.717, 1.165) is 12.0 Å². The largest absolute Gasteiger partial charge is 0.480 e. The maximum atomic E-state index is 11.6. The van der Waals surface area contributed by atoms with Crippen LogP contribution in [0.25, 0.3) is 0 Å². The lowest BCUT2D eigenvalue weighted by molar-refractivity contribution is -0.145. The van der Waals surface area contributed by atoms with Crippen molar-refractivity contribution < 1.29 is 9.90 Å². The highest BCUT2D eigenvalue weighted by Gasteiger charge is 2.38. The van der Waals surface area contributed by atoms with Gasteiger partial charge in [-0.05, 0) is 12.0 Å². The quantitative estimate of drug-likeness (QED) is 0.667. The van der Waals surface area contributed by atoms with Crippen molar-refractivity contribution in [3.8, 4) is 0 Å². The molecule has 0 amide bonds. The van der Waals surface area contributed by atoms with E-state index in [-0.39, 0.29) is 0 Å². The summed E-state index contributed by atoms with van der Waals surface area (Å²) >= 11 is 0. The van der Waals surface area contributed by atoms with E-state index in [9.17, 15) is 9.90 Å². The topological polar surface area (TPSA) is 75.3 Å². The Labute approximate surface area is 102 Å². The van der Waals surface area contributed by atoms with Crippen LogP contribution in [0.5, 0.6) is 0 Å². The van der Waals surface area contributed by atoms with Gasteiger partial charge in [0.25, 0.3) is 0 Å². The minimum atomic E-state index is -1.02. The van der Waals surface area contributed by atoms with E-state index in [2.05, 4.69) is 5.32 Å². The molecule has 17 heavy (non-hydrogen) atoms. The van der Waals surface area contributed by atoms with E-state index in [1.165, 1.54) is 0 Å². The van der Waals surface area contributed by atoms with Gasteiger partial charge in [0.2, 0.25) is 0 Å². The van der Waals surface area contributed by atoms with Gasteiger partial charge in [0.15, 0.2) is 0 Å². The predicted molar refractivity (Wildman–Crippen MR) is 67.7 cm³/mol. The molecule has 94 valence electrons. The molecular formula is C13H20N2O2. The van der Waals surface area contributed by atoms with E-state index in [1.807, 2.05) is 37.3 Å². The van der Waals surface area contributed by atoms with Crippen molar-refractivity contribution in [1.82, 2.24) is 5.32 Å². The molecular weight excluding hydrogens is 216 g/mol. The molecule has 4 nitrogen and oxygen atoms in total. The molecule has 0 fully saturated rings. The zero-order valence-corrected chi connectivity index (χ0v) is 10.1. The minimum Gasteiger partial charge on any atom is -0.480 e. The first-order chi connectivity index (χ1) is 8.17. The number of aliphatic carboxylic acids is 1. The van der Waals surface area contributed by atoms with E-state index in [1.54, 1.807) is 0 Å². The van der Waals surface area contributed by atoms with Crippen molar-refractivity contribution in [3.05, 3.63) is 35.9 Å². The molecule has 0 bridgehead atoms. The highest BCUT2D eigenvalue weighted by molar-refractivity contribution is 5.80. The monoisotopic (exact) mass is 236 g/mol. The molecule has 0 saturated heterocycles. The predicted octanol–water partition coefficient (Wildman–Crippen LogP) is 1.31. The van der Waals surface area contributed by atoms with Crippen LogP contribution in [0.3, 0.4) is 0 Å². The van der Waals surface area contributed by atoms with Crippen molar-refractivity contribution in [3.63, 3.8) is 0 Å². The molecule has 0 radical (unpaired) electrons. The Kier molecular flexibility index (Phi) is 5.12. The van der Waals surface area contributed by atoms with Crippen molar-refractivity contribution in [2.75, 3.05) is 13.1 Å². The Morgan fingerprint density at radius 1 is 1.41 bits per heavy atom. The lowest BCUT2D eigenvalue weighted by Crippen LogP contribution is -2.50. The smallest absolute Gasteiger partial charge is 0.328 e. The summed E-state index contributed by atoms with van der Waals surface area (Å²) in [6.07, 6.45) is 1.34. The van der Waals surface area contributed by atoms with Crippen LogP contribution in [0.4, 0.5) is 0 Å². The number of nitrogens with one attached hydrogen (secondary N) is 1. The first kappa shape index (κ1) is 13.7. The SMILES string of the molecule is CCCC(NCCN)(C(=O)O)c1ccccc1. The van der Waals surface area contributed by atoms with Crippen LogP contribution in [-0.4, -0.2) is 24.2 Å². The van der Waals surface area contributed by atoms with E-state index in [4.69, 9.17) is 5.73 Å². The number of nitrogens with two attached hydrogens (primary N) is 1. The number of carbonyl (C=O) groups is 1. The van der Waals surface area contributed by atoms with Gasteiger partial charge in [0.1, 0.15) is 5.54 Å². The Bertz CT molecular complexity index is 354. The summed E-state index contributed by atoms with van der Waals surface area (Å²) < 4.78 is 0. The number of benzene rings is 1. The van der Waals surface area contributed by atoms with Gasteiger partial charge in [-0.25, -0.2) is 4.79 Å². The lowest BCUT2D eigenvalue weighted by atomic mass is 9.85. The molecule has 1 unspecified atom stereocenters. The summed E-state index contributed by atoms with van der Waals surface area (Å²) in [6.45, 7) is 2.89. The fourth-order valence-corrected chi connectivity index (χ4v) is 2.02. The lowest BCUT2D eigenvalue weighted by Gasteiger charge is -2.31. The second-order valence-corrected chi connectivity index (χ2v) is 4.04. The van der Waals surface area contributed by atoms with Crippen LogP contribution >= 0.6 is 0 Å². The van der Waals surface area contributed by atoms with Crippen LogP contribution in [-0.2, 0) is 10.3 Å². The second-order valence-electron chi connectivity index (χ2n) is 4.04. The Morgan fingerprint density at radius 2 is 2.06 bits per heavy atom. The molecule has 0 aliphatic carbocycles. The molecule has 0 heterocycles. The maximum Gasteiger partial charge on any atom is 0.328 e. The number of carboxylic acid groups (broad SMARTS) is 1. The molecule has 4 heteroatoms. The average Bonchev–Trinajstić information content (AvgIpc) is 2.35. The van der Waals surface area contributed by atoms with Crippen molar-refractivity contribution in [1.29, 1.82) is 0 Å². The van der Waals surface area contributed by atoms with E-state index >= 15 is 0 Å². The van der Waals surface area contributed by atoms with Crippen LogP contribution < -0.4 is 11.1 Å². The summed E-state index contributed by atoms with van der Waals surface area (Å²) in [4.78, 5) is 11.6. The van der Waals surface area contributed by atoms with Crippen LogP contribution in [0.1, 0.15) is 25.3 Å². The van der Waals surface area contributed by atoms with E-state index in [0.29, 0.717) is 19.5 Å². The summed E-state index contributed by atoms with van der Waals surface area (Å²) in [5.74, 6) is -0.848. The minimum absolute atomic E-state index is 0.422. The Hall–Kier alpha value is -1.39. The highest BCUT2D eigenvalue weighted by atomic mass is 16.4. The van der Waals surface area contributed by atoms with E-state index < -0.39 is 11.5 Å². The van der Waals surface area contributed by atoms with Gasteiger partial charge in [-0.1, -0.05) is 43.7 Å². The van der Waals surface area contributed by atoms with Gasteiger partial charge in [-0.3, -0.25) is 5.32 Å². The summed E-state index contributed by atoms with van der Waals surface area (Å²) in [6, 6.07) is 9.27. The number of hydrogen-bond donors (Lipinski definition) is 3. The molecule has 0 saturated carbocycles. The molecule has 0 aliphatic heterocycles.